The zero-order chi connectivity index (χ0) is 13.1. The van der Waals surface area contributed by atoms with Gasteiger partial charge in [-0.3, -0.25) is 4.98 Å². The Hall–Kier alpha value is -1.79. The molecule has 0 radical (unpaired) electrons. The van der Waals surface area contributed by atoms with Crippen LogP contribution in [0, 0.1) is 0 Å². The Balaban J connectivity index is 1.67. The fourth-order valence-electron chi connectivity index (χ4n) is 2.20. The topological polar surface area (TPSA) is 87.1 Å². The van der Waals surface area contributed by atoms with Crippen LogP contribution < -0.4 is 5.73 Å². The highest BCUT2D eigenvalue weighted by molar-refractivity contribution is 5.09. The van der Waals surface area contributed by atoms with Crippen LogP contribution in [0.2, 0.25) is 0 Å². The molecule has 19 heavy (non-hydrogen) atoms. The lowest BCUT2D eigenvalue weighted by atomic mass is 10.2. The fourth-order valence-corrected chi connectivity index (χ4v) is 2.20. The summed E-state index contributed by atoms with van der Waals surface area (Å²) in [6, 6.07) is 5.76. The SMILES string of the molecule is NCC1CCC(c2nc(Cc3ccccn3)no2)O1. The lowest BCUT2D eigenvalue weighted by Crippen LogP contribution is -2.18. The van der Waals surface area contributed by atoms with Crippen molar-refractivity contribution >= 4 is 0 Å². The number of ether oxygens (including phenoxy) is 1. The molecule has 1 saturated heterocycles. The smallest absolute Gasteiger partial charge is 0.255 e. The minimum atomic E-state index is -0.112. The van der Waals surface area contributed by atoms with E-state index in [0.29, 0.717) is 24.7 Å². The third-order valence-corrected chi connectivity index (χ3v) is 3.20. The predicted octanol–water partition coefficient (Wildman–Crippen LogP) is 1.23. The summed E-state index contributed by atoms with van der Waals surface area (Å²) in [5.74, 6) is 1.18. The molecule has 2 aromatic heterocycles. The van der Waals surface area contributed by atoms with Gasteiger partial charge < -0.3 is 15.0 Å². The summed E-state index contributed by atoms with van der Waals surface area (Å²) in [4.78, 5) is 8.61. The van der Waals surface area contributed by atoms with Crippen LogP contribution >= 0.6 is 0 Å². The maximum atomic E-state index is 5.72. The van der Waals surface area contributed by atoms with Crippen LogP contribution in [0.25, 0.3) is 0 Å². The number of aromatic nitrogens is 3. The Labute approximate surface area is 111 Å². The number of pyridine rings is 1. The van der Waals surface area contributed by atoms with Crippen LogP contribution in [0.3, 0.4) is 0 Å². The van der Waals surface area contributed by atoms with Crippen LogP contribution in [-0.2, 0) is 11.2 Å². The quantitative estimate of drug-likeness (QED) is 0.889. The summed E-state index contributed by atoms with van der Waals surface area (Å²) in [7, 11) is 0. The van der Waals surface area contributed by atoms with E-state index in [2.05, 4.69) is 15.1 Å². The summed E-state index contributed by atoms with van der Waals surface area (Å²) >= 11 is 0. The molecule has 2 N–H and O–H groups in total. The highest BCUT2D eigenvalue weighted by Gasteiger charge is 2.29. The molecule has 3 heterocycles. The fraction of sp³-hybridized carbons (Fsp3) is 0.462. The van der Waals surface area contributed by atoms with Gasteiger partial charge in [-0.25, -0.2) is 0 Å². The second-order valence-corrected chi connectivity index (χ2v) is 4.61. The van der Waals surface area contributed by atoms with Crippen LogP contribution in [0.5, 0.6) is 0 Å². The molecule has 2 unspecified atom stereocenters. The van der Waals surface area contributed by atoms with E-state index in [1.807, 2.05) is 18.2 Å². The number of rotatable bonds is 4. The molecule has 1 aliphatic heterocycles. The molecular weight excluding hydrogens is 244 g/mol. The molecule has 0 aliphatic carbocycles. The minimum Gasteiger partial charge on any atom is -0.364 e. The monoisotopic (exact) mass is 260 g/mol. The molecule has 1 fully saturated rings. The summed E-state index contributed by atoms with van der Waals surface area (Å²) in [6.07, 6.45) is 4.14. The average Bonchev–Trinajstić information content (AvgIpc) is 3.08. The van der Waals surface area contributed by atoms with E-state index in [-0.39, 0.29) is 12.2 Å². The third kappa shape index (κ3) is 2.80. The van der Waals surface area contributed by atoms with Crippen molar-refractivity contribution in [2.24, 2.45) is 5.73 Å². The molecule has 0 saturated carbocycles. The highest BCUT2D eigenvalue weighted by atomic mass is 16.5. The standard InChI is InChI=1S/C13H16N4O2/c14-8-10-4-5-11(18-10)13-16-12(17-19-13)7-9-3-1-2-6-15-9/h1-3,6,10-11H,4-5,7-8,14H2. The Morgan fingerprint density at radius 3 is 3.00 bits per heavy atom. The zero-order valence-corrected chi connectivity index (χ0v) is 10.5. The summed E-state index contributed by atoms with van der Waals surface area (Å²) in [5.41, 5.74) is 6.50. The Kier molecular flexibility index (Phi) is 3.52. The number of nitrogens with zero attached hydrogens (tertiary/aromatic N) is 3. The number of hydrogen-bond donors (Lipinski definition) is 1. The molecular formula is C13H16N4O2. The molecule has 3 rings (SSSR count). The molecule has 100 valence electrons. The minimum absolute atomic E-state index is 0.108. The van der Waals surface area contributed by atoms with Crippen molar-refractivity contribution in [2.45, 2.75) is 31.5 Å². The highest BCUT2D eigenvalue weighted by Crippen LogP contribution is 2.31. The van der Waals surface area contributed by atoms with Gasteiger partial charge >= 0.3 is 0 Å². The van der Waals surface area contributed by atoms with Crippen LogP contribution in [-0.4, -0.2) is 27.8 Å². The van der Waals surface area contributed by atoms with E-state index in [1.165, 1.54) is 0 Å². The normalized spacial score (nSPS) is 22.8. The molecule has 0 spiro atoms. The first kappa shape index (κ1) is 12.3. The zero-order valence-electron chi connectivity index (χ0n) is 10.5. The Morgan fingerprint density at radius 2 is 2.26 bits per heavy atom. The van der Waals surface area contributed by atoms with Crippen molar-refractivity contribution in [1.29, 1.82) is 0 Å². The summed E-state index contributed by atoms with van der Waals surface area (Å²) in [5, 5.41) is 3.97. The van der Waals surface area contributed by atoms with E-state index in [9.17, 15) is 0 Å². The van der Waals surface area contributed by atoms with Gasteiger partial charge in [0.1, 0.15) is 6.10 Å². The van der Waals surface area contributed by atoms with E-state index in [4.69, 9.17) is 15.0 Å². The van der Waals surface area contributed by atoms with Gasteiger partial charge in [0.25, 0.3) is 5.89 Å². The molecule has 0 bridgehead atoms. The van der Waals surface area contributed by atoms with Gasteiger partial charge in [0.05, 0.1) is 12.5 Å². The van der Waals surface area contributed by atoms with Crippen molar-refractivity contribution in [3.8, 4) is 0 Å². The summed E-state index contributed by atoms with van der Waals surface area (Å²) < 4.78 is 11.0. The van der Waals surface area contributed by atoms with Crippen LogP contribution in [0.4, 0.5) is 0 Å². The molecule has 6 heteroatoms. The predicted molar refractivity (Wildman–Crippen MR) is 67.2 cm³/mol. The van der Waals surface area contributed by atoms with Gasteiger partial charge in [0.2, 0.25) is 0 Å². The lowest BCUT2D eigenvalue weighted by molar-refractivity contribution is 0.0307. The maximum Gasteiger partial charge on any atom is 0.255 e. The average molecular weight is 260 g/mol. The van der Waals surface area contributed by atoms with Crippen molar-refractivity contribution < 1.29 is 9.26 Å². The third-order valence-electron chi connectivity index (χ3n) is 3.20. The Bertz CT molecular complexity index is 528. The van der Waals surface area contributed by atoms with Gasteiger partial charge in [0.15, 0.2) is 5.82 Å². The van der Waals surface area contributed by atoms with E-state index in [0.717, 1.165) is 18.5 Å². The molecule has 0 amide bonds. The largest absolute Gasteiger partial charge is 0.364 e. The van der Waals surface area contributed by atoms with Gasteiger partial charge in [-0.1, -0.05) is 11.2 Å². The van der Waals surface area contributed by atoms with Gasteiger partial charge in [-0.05, 0) is 25.0 Å². The van der Waals surface area contributed by atoms with Crippen LogP contribution in [0.15, 0.2) is 28.9 Å². The second-order valence-electron chi connectivity index (χ2n) is 4.61. The first-order valence-corrected chi connectivity index (χ1v) is 6.43. The molecule has 6 nitrogen and oxygen atoms in total. The van der Waals surface area contributed by atoms with Gasteiger partial charge in [0, 0.05) is 18.4 Å². The first-order valence-electron chi connectivity index (χ1n) is 6.43. The van der Waals surface area contributed by atoms with E-state index in [1.54, 1.807) is 6.20 Å². The Morgan fingerprint density at radius 1 is 1.32 bits per heavy atom. The van der Waals surface area contributed by atoms with Crippen molar-refractivity contribution in [2.75, 3.05) is 6.54 Å². The van der Waals surface area contributed by atoms with Crippen LogP contribution in [0.1, 0.15) is 36.4 Å². The summed E-state index contributed by atoms with van der Waals surface area (Å²) in [6.45, 7) is 0.533. The van der Waals surface area contributed by atoms with Gasteiger partial charge in [-0.2, -0.15) is 4.98 Å². The second kappa shape index (κ2) is 5.46. The lowest BCUT2D eigenvalue weighted by Gasteiger charge is -2.07. The van der Waals surface area contributed by atoms with E-state index >= 15 is 0 Å². The molecule has 1 aliphatic rings. The maximum absolute atomic E-state index is 5.72. The first-order chi connectivity index (χ1) is 9.35. The van der Waals surface area contributed by atoms with Gasteiger partial charge in [-0.15, -0.1) is 0 Å². The van der Waals surface area contributed by atoms with Crippen molar-refractivity contribution in [1.82, 2.24) is 15.1 Å². The number of hydrogen-bond acceptors (Lipinski definition) is 6. The van der Waals surface area contributed by atoms with Crippen molar-refractivity contribution in [3.05, 3.63) is 41.8 Å². The van der Waals surface area contributed by atoms with Crippen molar-refractivity contribution in [3.63, 3.8) is 0 Å². The molecule has 2 aromatic rings. The molecule has 0 aromatic carbocycles. The van der Waals surface area contributed by atoms with E-state index < -0.39 is 0 Å². The number of nitrogens with two attached hydrogens (primary N) is 1. The molecule has 2 atom stereocenters.